The molecule has 1 saturated carbocycles. The lowest BCUT2D eigenvalue weighted by Gasteiger charge is -2.31. The van der Waals surface area contributed by atoms with E-state index in [0.717, 1.165) is 23.6 Å². The number of carbonyl (C=O) groups excluding carboxylic acids is 2. The van der Waals surface area contributed by atoms with Crippen LogP contribution in [-0.2, 0) is 4.79 Å². The summed E-state index contributed by atoms with van der Waals surface area (Å²) in [6.07, 6.45) is 5.79. The number of nitrogens with one attached hydrogen (secondary N) is 1. The first-order valence-electron chi connectivity index (χ1n) is 10.9. The highest BCUT2D eigenvalue weighted by atomic mass is 16.5. The van der Waals surface area contributed by atoms with E-state index in [9.17, 15) is 9.59 Å². The lowest BCUT2D eigenvalue weighted by molar-refractivity contribution is -0.118. The van der Waals surface area contributed by atoms with Crippen molar-refractivity contribution in [1.82, 2.24) is 4.90 Å². The van der Waals surface area contributed by atoms with Crippen LogP contribution in [0.1, 0.15) is 42.5 Å². The van der Waals surface area contributed by atoms with Crippen LogP contribution in [0, 0.1) is 0 Å². The Morgan fingerprint density at radius 3 is 2.39 bits per heavy atom. The molecular formula is C26H28N2O3. The van der Waals surface area contributed by atoms with Crippen molar-refractivity contribution in [1.29, 1.82) is 0 Å². The summed E-state index contributed by atoms with van der Waals surface area (Å²) in [5.74, 6) is 0.441. The average molecular weight is 417 g/mol. The molecule has 0 spiro atoms. The highest BCUT2D eigenvalue weighted by molar-refractivity contribution is 5.96. The van der Waals surface area contributed by atoms with E-state index in [1.807, 2.05) is 54.4 Å². The summed E-state index contributed by atoms with van der Waals surface area (Å²) < 4.78 is 5.64. The van der Waals surface area contributed by atoms with Crippen LogP contribution < -0.4 is 10.1 Å². The second-order valence-corrected chi connectivity index (χ2v) is 8.13. The van der Waals surface area contributed by atoms with Gasteiger partial charge in [0.25, 0.3) is 11.8 Å². The molecule has 1 N–H and O–H groups in total. The Morgan fingerprint density at radius 2 is 1.65 bits per heavy atom. The van der Waals surface area contributed by atoms with Crippen molar-refractivity contribution >= 4 is 28.3 Å². The van der Waals surface area contributed by atoms with Crippen LogP contribution in [0.3, 0.4) is 0 Å². The van der Waals surface area contributed by atoms with Gasteiger partial charge in [0, 0.05) is 24.3 Å². The Kier molecular flexibility index (Phi) is 6.51. The summed E-state index contributed by atoms with van der Waals surface area (Å²) in [6, 6.07) is 21.1. The maximum absolute atomic E-state index is 12.7. The summed E-state index contributed by atoms with van der Waals surface area (Å²) in [6.45, 7) is -0.0799. The van der Waals surface area contributed by atoms with Gasteiger partial charge in [0.15, 0.2) is 6.61 Å². The molecule has 0 saturated heterocycles. The summed E-state index contributed by atoms with van der Waals surface area (Å²) >= 11 is 0. The molecule has 0 heterocycles. The molecule has 2 amide bonds. The number of hydrogen-bond donors (Lipinski definition) is 1. The SMILES string of the molecule is CN(C(=O)c1ccc(NC(=O)COc2ccc3ccccc3c2)cc1)C1CCCCC1. The first-order valence-corrected chi connectivity index (χ1v) is 10.9. The van der Waals surface area contributed by atoms with Crippen molar-refractivity contribution in [2.24, 2.45) is 0 Å². The van der Waals surface area contributed by atoms with E-state index in [-0.39, 0.29) is 18.4 Å². The van der Waals surface area contributed by atoms with Crippen LogP contribution >= 0.6 is 0 Å². The Labute approximate surface area is 183 Å². The lowest BCUT2D eigenvalue weighted by Crippen LogP contribution is -2.38. The topological polar surface area (TPSA) is 58.6 Å². The molecule has 0 bridgehead atoms. The van der Waals surface area contributed by atoms with E-state index in [0.29, 0.717) is 23.0 Å². The maximum atomic E-state index is 12.7. The predicted octanol–water partition coefficient (Wildman–Crippen LogP) is 5.26. The average Bonchev–Trinajstić information content (AvgIpc) is 2.82. The summed E-state index contributed by atoms with van der Waals surface area (Å²) in [5, 5.41) is 5.02. The standard InChI is InChI=1S/C26H28N2O3/c1-28(23-9-3-2-4-10-23)26(30)20-11-14-22(15-12-20)27-25(29)18-31-24-16-13-19-7-5-6-8-21(19)17-24/h5-8,11-17,23H,2-4,9-10,18H2,1H3,(H,27,29). The fourth-order valence-electron chi connectivity index (χ4n) is 4.14. The number of rotatable bonds is 6. The van der Waals surface area contributed by atoms with Gasteiger partial charge in [-0.05, 0) is 60.0 Å². The van der Waals surface area contributed by atoms with Crippen LogP contribution in [0.4, 0.5) is 5.69 Å². The largest absolute Gasteiger partial charge is 0.484 e. The van der Waals surface area contributed by atoms with Crippen LogP contribution in [-0.4, -0.2) is 36.4 Å². The van der Waals surface area contributed by atoms with Gasteiger partial charge < -0.3 is 15.0 Å². The van der Waals surface area contributed by atoms with E-state index in [1.165, 1.54) is 19.3 Å². The molecule has 0 aromatic heterocycles. The van der Waals surface area contributed by atoms with Gasteiger partial charge in [-0.15, -0.1) is 0 Å². The molecule has 5 heteroatoms. The number of benzene rings is 3. The van der Waals surface area contributed by atoms with Crippen molar-refractivity contribution in [3.63, 3.8) is 0 Å². The van der Waals surface area contributed by atoms with Crippen molar-refractivity contribution in [2.45, 2.75) is 38.1 Å². The van der Waals surface area contributed by atoms with Gasteiger partial charge in [0.2, 0.25) is 0 Å². The molecule has 1 aliphatic rings. The summed E-state index contributed by atoms with van der Waals surface area (Å²) in [5.41, 5.74) is 1.28. The van der Waals surface area contributed by atoms with E-state index in [1.54, 1.807) is 24.3 Å². The van der Waals surface area contributed by atoms with E-state index in [2.05, 4.69) is 5.32 Å². The molecule has 31 heavy (non-hydrogen) atoms. The van der Waals surface area contributed by atoms with E-state index < -0.39 is 0 Å². The van der Waals surface area contributed by atoms with Crippen LogP contribution in [0.2, 0.25) is 0 Å². The van der Waals surface area contributed by atoms with Crippen LogP contribution in [0.25, 0.3) is 10.8 Å². The minimum Gasteiger partial charge on any atom is -0.484 e. The van der Waals surface area contributed by atoms with Gasteiger partial charge in [0.05, 0.1) is 0 Å². The quantitative estimate of drug-likeness (QED) is 0.596. The molecule has 0 radical (unpaired) electrons. The van der Waals surface area contributed by atoms with Crippen LogP contribution in [0.15, 0.2) is 66.7 Å². The summed E-state index contributed by atoms with van der Waals surface area (Å²) in [4.78, 5) is 26.9. The maximum Gasteiger partial charge on any atom is 0.262 e. The number of ether oxygens (including phenoxy) is 1. The lowest BCUT2D eigenvalue weighted by atomic mass is 9.94. The van der Waals surface area contributed by atoms with Crippen molar-refractivity contribution in [3.8, 4) is 5.75 Å². The molecule has 5 nitrogen and oxygen atoms in total. The number of anilines is 1. The van der Waals surface area contributed by atoms with Gasteiger partial charge in [-0.2, -0.15) is 0 Å². The van der Waals surface area contributed by atoms with Gasteiger partial charge in [-0.3, -0.25) is 9.59 Å². The molecule has 4 rings (SSSR count). The number of hydrogen-bond acceptors (Lipinski definition) is 3. The Balaban J connectivity index is 1.30. The second-order valence-electron chi connectivity index (χ2n) is 8.13. The minimum absolute atomic E-state index is 0.0319. The van der Waals surface area contributed by atoms with E-state index >= 15 is 0 Å². The Bertz CT molecular complexity index is 1060. The molecule has 1 aliphatic carbocycles. The molecule has 0 aliphatic heterocycles. The zero-order chi connectivity index (χ0) is 21.6. The van der Waals surface area contributed by atoms with Crippen molar-refractivity contribution in [2.75, 3.05) is 19.0 Å². The van der Waals surface area contributed by atoms with Gasteiger partial charge in [-0.25, -0.2) is 0 Å². The minimum atomic E-state index is -0.244. The second kappa shape index (κ2) is 9.65. The molecule has 0 atom stereocenters. The molecule has 0 unspecified atom stereocenters. The third-order valence-electron chi connectivity index (χ3n) is 5.95. The number of amides is 2. The Hall–Kier alpha value is -3.34. The number of nitrogens with zero attached hydrogens (tertiary/aromatic N) is 1. The monoisotopic (exact) mass is 416 g/mol. The normalized spacial score (nSPS) is 14.2. The fraction of sp³-hybridized carbons (Fsp3) is 0.308. The highest BCUT2D eigenvalue weighted by Gasteiger charge is 2.22. The van der Waals surface area contributed by atoms with Crippen LogP contribution in [0.5, 0.6) is 5.75 Å². The third kappa shape index (κ3) is 5.23. The first-order chi connectivity index (χ1) is 15.1. The van der Waals surface area contributed by atoms with Gasteiger partial charge in [-0.1, -0.05) is 49.6 Å². The smallest absolute Gasteiger partial charge is 0.262 e. The van der Waals surface area contributed by atoms with Crippen molar-refractivity contribution < 1.29 is 14.3 Å². The van der Waals surface area contributed by atoms with E-state index in [4.69, 9.17) is 4.74 Å². The molecule has 160 valence electrons. The molecule has 3 aromatic rings. The molecule has 1 fully saturated rings. The third-order valence-corrected chi connectivity index (χ3v) is 5.95. The zero-order valence-corrected chi connectivity index (χ0v) is 17.8. The summed E-state index contributed by atoms with van der Waals surface area (Å²) in [7, 11) is 1.89. The molecular weight excluding hydrogens is 388 g/mol. The Morgan fingerprint density at radius 1 is 0.935 bits per heavy atom. The number of carbonyl (C=O) groups is 2. The van der Waals surface area contributed by atoms with Gasteiger partial charge >= 0.3 is 0 Å². The first kappa shape index (κ1) is 20.9. The number of fused-ring (bicyclic) bond motifs is 1. The molecule has 3 aromatic carbocycles. The predicted molar refractivity (Wildman–Crippen MR) is 123 cm³/mol. The van der Waals surface area contributed by atoms with Crippen molar-refractivity contribution in [3.05, 3.63) is 72.3 Å². The zero-order valence-electron chi connectivity index (χ0n) is 17.8. The fourth-order valence-corrected chi connectivity index (χ4v) is 4.14. The van der Waals surface area contributed by atoms with Gasteiger partial charge in [0.1, 0.15) is 5.75 Å². The highest BCUT2D eigenvalue weighted by Crippen LogP contribution is 2.23.